The summed E-state index contributed by atoms with van der Waals surface area (Å²) in [6, 6.07) is 13.9. The van der Waals surface area contributed by atoms with E-state index in [1.807, 2.05) is 36.4 Å². The van der Waals surface area contributed by atoms with E-state index in [1.165, 1.54) is 11.1 Å². The van der Waals surface area contributed by atoms with Gasteiger partial charge in [0.2, 0.25) is 0 Å². The maximum Gasteiger partial charge on any atom is 0.173 e. The molecule has 4 nitrogen and oxygen atoms in total. The first-order valence-corrected chi connectivity index (χ1v) is 11.1. The average Bonchev–Trinajstić information content (AvgIpc) is 2.73. The van der Waals surface area contributed by atoms with Crippen LogP contribution in [0.15, 0.2) is 53.7 Å². The molecule has 156 valence electrons. The van der Waals surface area contributed by atoms with E-state index in [4.69, 9.17) is 17.0 Å². The van der Waals surface area contributed by atoms with Crippen LogP contribution in [0.2, 0.25) is 0 Å². The van der Waals surface area contributed by atoms with E-state index >= 15 is 0 Å². The molecular formula is C25H28N2O2S. The third-order valence-corrected chi connectivity index (χ3v) is 6.27. The number of ether oxygens (including phenoxy) is 1. The summed E-state index contributed by atoms with van der Waals surface area (Å²) in [7, 11) is 0. The quantitative estimate of drug-likeness (QED) is 0.624. The van der Waals surface area contributed by atoms with E-state index in [-0.39, 0.29) is 11.8 Å². The fraction of sp³-hybridized carbons (Fsp3) is 0.360. The first kappa shape index (κ1) is 20.6. The minimum Gasteiger partial charge on any atom is -0.457 e. The van der Waals surface area contributed by atoms with E-state index in [0.717, 1.165) is 54.1 Å². The number of hydrogen-bond acceptors (Lipinski definition) is 3. The Bertz CT molecular complexity index is 1010. The van der Waals surface area contributed by atoms with Gasteiger partial charge in [-0.25, -0.2) is 0 Å². The van der Waals surface area contributed by atoms with Crippen molar-refractivity contribution in [3.8, 4) is 11.5 Å². The van der Waals surface area contributed by atoms with Crippen molar-refractivity contribution >= 4 is 23.1 Å². The Morgan fingerprint density at radius 2 is 1.80 bits per heavy atom. The van der Waals surface area contributed by atoms with Crippen LogP contribution in [0.1, 0.15) is 55.3 Å². The van der Waals surface area contributed by atoms with Gasteiger partial charge in [-0.2, -0.15) is 0 Å². The van der Waals surface area contributed by atoms with Gasteiger partial charge in [-0.05, 0) is 86.3 Å². The first-order valence-electron chi connectivity index (χ1n) is 10.7. The number of aryl methyl sites for hydroxylation is 2. The van der Waals surface area contributed by atoms with Gasteiger partial charge in [0.1, 0.15) is 11.5 Å². The average molecular weight is 421 g/mol. The Balaban J connectivity index is 1.61. The van der Waals surface area contributed by atoms with Crippen LogP contribution in [-0.4, -0.2) is 22.3 Å². The van der Waals surface area contributed by atoms with Crippen LogP contribution in [0.4, 0.5) is 0 Å². The molecule has 0 bridgehead atoms. The molecule has 5 heteroatoms. The SMILES string of the molecule is CCCN1C(=S)NC(c2ccc(Oc3ccc(C)c(C)c3)cc2)C2=C1CCCC2=O. The van der Waals surface area contributed by atoms with Crippen molar-refractivity contribution in [3.05, 3.63) is 70.4 Å². The number of allylic oxidation sites excluding steroid dienone is 1. The van der Waals surface area contributed by atoms with E-state index in [9.17, 15) is 4.79 Å². The molecule has 1 heterocycles. The van der Waals surface area contributed by atoms with Gasteiger partial charge in [0.15, 0.2) is 10.9 Å². The standard InChI is InChI=1S/C25H28N2O2S/c1-4-14-27-21-6-5-7-22(28)23(21)24(26-25(27)30)18-9-12-19(13-10-18)29-20-11-8-16(2)17(3)15-20/h8-13,15,24H,4-7,14H2,1-3H3,(H,26,30). The molecule has 1 unspecified atom stereocenters. The van der Waals surface area contributed by atoms with E-state index in [0.29, 0.717) is 11.5 Å². The summed E-state index contributed by atoms with van der Waals surface area (Å²) in [5.74, 6) is 1.83. The highest BCUT2D eigenvalue weighted by Gasteiger charge is 2.36. The number of hydrogen-bond donors (Lipinski definition) is 1. The normalized spacial score (nSPS) is 18.9. The molecule has 2 aromatic carbocycles. The molecule has 0 fully saturated rings. The zero-order valence-corrected chi connectivity index (χ0v) is 18.6. The molecule has 0 spiro atoms. The molecule has 2 aliphatic rings. The Kier molecular flexibility index (Phi) is 5.91. The van der Waals surface area contributed by atoms with Gasteiger partial charge in [-0.1, -0.05) is 25.1 Å². The second kappa shape index (κ2) is 8.60. The van der Waals surface area contributed by atoms with Gasteiger partial charge in [0.05, 0.1) is 6.04 Å². The second-order valence-electron chi connectivity index (χ2n) is 8.09. The topological polar surface area (TPSA) is 41.6 Å². The molecule has 30 heavy (non-hydrogen) atoms. The lowest BCUT2D eigenvalue weighted by Crippen LogP contribution is -2.49. The van der Waals surface area contributed by atoms with E-state index < -0.39 is 0 Å². The molecular weight excluding hydrogens is 392 g/mol. The summed E-state index contributed by atoms with van der Waals surface area (Å²) in [5.41, 5.74) is 5.47. The van der Waals surface area contributed by atoms with Gasteiger partial charge >= 0.3 is 0 Å². The third kappa shape index (κ3) is 3.99. The molecule has 0 saturated carbocycles. The van der Waals surface area contributed by atoms with Gasteiger partial charge in [0, 0.05) is 24.2 Å². The van der Waals surface area contributed by atoms with Crippen LogP contribution in [0.3, 0.4) is 0 Å². The Morgan fingerprint density at radius 3 is 2.50 bits per heavy atom. The lowest BCUT2D eigenvalue weighted by atomic mass is 9.85. The highest BCUT2D eigenvalue weighted by molar-refractivity contribution is 7.80. The van der Waals surface area contributed by atoms with Gasteiger partial charge in [0.25, 0.3) is 0 Å². The molecule has 2 aromatic rings. The summed E-state index contributed by atoms with van der Waals surface area (Å²) in [6.07, 6.45) is 3.41. The lowest BCUT2D eigenvalue weighted by molar-refractivity contribution is -0.116. The summed E-state index contributed by atoms with van der Waals surface area (Å²) < 4.78 is 6.02. The van der Waals surface area contributed by atoms with Crippen LogP contribution in [0, 0.1) is 13.8 Å². The Labute approximate surface area is 183 Å². The molecule has 0 aromatic heterocycles. The molecule has 1 aliphatic heterocycles. The molecule has 1 atom stereocenters. The smallest absolute Gasteiger partial charge is 0.173 e. The first-order chi connectivity index (χ1) is 14.5. The molecule has 1 N–H and O–H groups in total. The fourth-order valence-corrected chi connectivity index (χ4v) is 4.52. The number of nitrogens with one attached hydrogen (secondary N) is 1. The van der Waals surface area contributed by atoms with E-state index in [1.54, 1.807) is 0 Å². The van der Waals surface area contributed by atoms with Crippen molar-refractivity contribution in [1.29, 1.82) is 0 Å². The number of carbonyl (C=O) groups is 1. The van der Waals surface area contributed by atoms with Crippen molar-refractivity contribution < 1.29 is 9.53 Å². The van der Waals surface area contributed by atoms with E-state index in [2.05, 4.69) is 37.1 Å². The predicted molar refractivity (Wildman–Crippen MR) is 124 cm³/mol. The van der Waals surface area contributed by atoms with Crippen molar-refractivity contribution in [2.24, 2.45) is 0 Å². The number of benzene rings is 2. The third-order valence-electron chi connectivity index (χ3n) is 5.93. The molecule has 1 aliphatic carbocycles. The summed E-state index contributed by atoms with van der Waals surface area (Å²) in [4.78, 5) is 15.0. The van der Waals surface area contributed by atoms with Crippen LogP contribution >= 0.6 is 12.2 Å². The summed E-state index contributed by atoms with van der Waals surface area (Å²) in [5, 5.41) is 4.13. The summed E-state index contributed by atoms with van der Waals surface area (Å²) >= 11 is 5.66. The van der Waals surface area contributed by atoms with Crippen molar-refractivity contribution in [2.45, 2.75) is 52.5 Å². The zero-order chi connectivity index (χ0) is 21.3. The van der Waals surface area contributed by atoms with Crippen molar-refractivity contribution in [2.75, 3.05) is 6.54 Å². The number of rotatable bonds is 5. The van der Waals surface area contributed by atoms with Crippen molar-refractivity contribution in [1.82, 2.24) is 10.2 Å². The highest BCUT2D eigenvalue weighted by atomic mass is 32.1. The fourth-order valence-electron chi connectivity index (χ4n) is 4.20. The number of ketones is 1. The largest absolute Gasteiger partial charge is 0.457 e. The van der Waals surface area contributed by atoms with Crippen molar-refractivity contribution in [3.63, 3.8) is 0 Å². The van der Waals surface area contributed by atoms with Crippen LogP contribution in [0.5, 0.6) is 11.5 Å². The zero-order valence-electron chi connectivity index (χ0n) is 17.8. The second-order valence-corrected chi connectivity index (χ2v) is 8.48. The maximum absolute atomic E-state index is 12.8. The number of carbonyl (C=O) groups excluding carboxylic acids is 1. The Morgan fingerprint density at radius 1 is 1.07 bits per heavy atom. The molecule has 0 amide bonds. The Hall–Kier alpha value is -2.66. The van der Waals surface area contributed by atoms with Gasteiger partial charge in [-0.15, -0.1) is 0 Å². The monoisotopic (exact) mass is 420 g/mol. The molecule has 4 rings (SSSR count). The molecule has 0 saturated heterocycles. The molecule has 0 radical (unpaired) electrons. The van der Waals surface area contributed by atoms with Gasteiger partial charge < -0.3 is 15.0 Å². The van der Waals surface area contributed by atoms with Crippen LogP contribution in [-0.2, 0) is 4.79 Å². The minimum atomic E-state index is -0.191. The number of Topliss-reactive ketones (excluding diaryl/α,β-unsaturated/α-hetero) is 1. The van der Waals surface area contributed by atoms with Crippen LogP contribution < -0.4 is 10.1 Å². The predicted octanol–water partition coefficient (Wildman–Crippen LogP) is 5.74. The maximum atomic E-state index is 12.8. The number of nitrogens with zero attached hydrogens (tertiary/aromatic N) is 1. The van der Waals surface area contributed by atoms with Gasteiger partial charge in [-0.3, -0.25) is 4.79 Å². The van der Waals surface area contributed by atoms with Crippen LogP contribution in [0.25, 0.3) is 0 Å². The highest BCUT2D eigenvalue weighted by Crippen LogP contribution is 2.38. The number of thiocarbonyl (C=S) groups is 1. The minimum absolute atomic E-state index is 0.191. The summed E-state index contributed by atoms with van der Waals surface area (Å²) in [6.45, 7) is 7.14. The lowest BCUT2D eigenvalue weighted by Gasteiger charge is -2.41.